The minimum atomic E-state index is -0.680. The summed E-state index contributed by atoms with van der Waals surface area (Å²) >= 11 is 0. The maximum atomic E-state index is 10.3. The molecule has 0 aliphatic heterocycles. The molecule has 0 unspecified atom stereocenters. The van der Waals surface area contributed by atoms with Crippen LogP contribution in [0.25, 0.3) is 0 Å². The highest BCUT2D eigenvalue weighted by atomic mass is 16.4. The molecule has 0 rings (SSSR count). The molecule has 0 bridgehead atoms. The Bertz CT molecular complexity index is 375. The first kappa shape index (κ1) is 21.4. The number of hydrogen-bond donors (Lipinski definition) is 1. The monoisotopic (exact) mass is 318 g/mol. The van der Waals surface area contributed by atoms with E-state index in [1.54, 1.807) is 0 Å². The van der Waals surface area contributed by atoms with Crippen LogP contribution in [0.3, 0.4) is 0 Å². The molecule has 0 aromatic carbocycles. The molecule has 0 aliphatic rings. The van der Waals surface area contributed by atoms with Crippen LogP contribution in [-0.4, -0.2) is 11.1 Å². The first-order chi connectivity index (χ1) is 11.3. The molecule has 0 saturated heterocycles. The Kier molecular flexibility index (Phi) is 17.2. The largest absolute Gasteiger partial charge is 0.481 e. The Balaban J connectivity index is 3.40. The Morgan fingerprint density at radius 3 is 1.74 bits per heavy atom. The number of carbonyl (C=O) groups is 1. The molecule has 0 spiro atoms. The molecule has 1 N–H and O–H groups in total. The minimum Gasteiger partial charge on any atom is -0.481 e. The highest BCUT2D eigenvalue weighted by Gasteiger charge is 1.95. The molecule has 2 nitrogen and oxygen atoms in total. The van der Waals surface area contributed by atoms with Gasteiger partial charge in [0.05, 0.1) is 0 Å². The highest BCUT2D eigenvalue weighted by molar-refractivity contribution is 5.66. The van der Waals surface area contributed by atoms with E-state index in [0.29, 0.717) is 6.42 Å². The average molecular weight is 319 g/mol. The first-order valence-electron chi connectivity index (χ1n) is 9.14. The second kappa shape index (κ2) is 18.5. The molecule has 2 heteroatoms. The molecule has 0 heterocycles. The van der Waals surface area contributed by atoms with Gasteiger partial charge in [0.1, 0.15) is 0 Å². The molecule has 0 aliphatic carbocycles. The molecule has 23 heavy (non-hydrogen) atoms. The first-order valence-corrected chi connectivity index (χ1v) is 9.14. The Morgan fingerprint density at radius 2 is 1.17 bits per heavy atom. The van der Waals surface area contributed by atoms with Crippen molar-refractivity contribution in [2.75, 3.05) is 0 Å². The lowest BCUT2D eigenvalue weighted by Crippen LogP contribution is -1.93. The van der Waals surface area contributed by atoms with Crippen LogP contribution in [0.4, 0.5) is 0 Å². The van der Waals surface area contributed by atoms with Crippen LogP contribution in [0.1, 0.15) is 77.6 Å². The van der Waals surface area contributed by atoms with Crippen molar-refractivity contribution >= 4 is 5.97 Å². The predicted molar refractivity (Wildman–Crippen MR) is 101 cm³/mol. The maximum Gasteiger partial charge on any atom is 0.303 e. The van der Waals surface area contributed by atoms with Crippen molar-refractivity contribution in [2.24, 2.45) is 0 Å². The van der Waals surface area contributed by atoms with Crippen LogP contribution in [0.2, 0.25) is 0 Å². The molecule has 0 radical (unpaired) electrons. The average Bonchev–Trinajstić information content (AvgIpc) is 2.53. The molecule has 0 fully saturated rings. The number of hydrogen-bond acceptors (Lipinski definition) is 1. The molecule has 130 valence electrons. The normalized spacial score (nSPS) is 12.4. The zero-order chi connectivity index (χ0) is 17.0. The summed E-state index contributed by atoms with van der Waals surface area (Å²) in [6, 6.07) is 0. The second-order valence-electron chi connectivity index (χ2n) is 5.82. The summed E-state index contributed by atoms with van der Waals surface area (Å²) in [7, 11) is 0. The van der Waals surface area contributed by atoms with E-state index < -0.39 is 5.97 Å². The molecular formula is C21H34O2. The van der Waals surface area contributed by atoms with Gasteiger partial charge in [-0.1, -0.05) is 87.6 Å². The third kappa shape index (κ3) is 20.4. The molecule has 0 atom stereocenters. The van der Waals surface area contributed by atoms with E-state index in [1.807, 2.05) is 0 Å². The van der Waals surface area contributed by atoms with Gasteiger partial charge in [-0.25, -0.2) is 0 Å². The van der Waals surface area contributed by atoms with E-state index in [9.17, 15) is 4.79 Å². The van der Waals surface area contributed by atoms with Gasteiger partial charge in [-0.3, -0.25) is 4.79 Å². The van der Waals surface area contributed by atoms with Crippen LogP contribution < -0.4 is 0 Å². The number of allylic oxidation sites excluding steroid dienone is 8. The van der Waals surface area contributed by atoms with E-state index in [4.69, 9.17) is 5.11 Å². The fourth-order valence-electron chi connectivity index (χ4n) is 2.19. The van der Waals surface area contributed by atoms with Crippen LogP contribution >= 0.6 is 0 Å². The summed E-state index contributed by atoms with van der Waals surface area (Å²) in [4.78, 5) is 10.3. The Labute approximate surface area is 142 Å². The van der Waals surface area contributed by atoms with Gasteiger partial charge in [-0.05, 0) is 32.1 Å². The number of carboxylic acids is 1. The van der Waals surface area contributed by atoms with Gasteiger partial charge in [-0.2, -0.15) is 0 Å². The van der Waals surface area contributed by atoms with Gasteiger partial charge in [0.15, 0.2) is 0 Å². The van der Waals surface area contributed by atoms with Crippen LogP contribution in [-0.2, 0) is 4.79 Å². The lowest BCUT2D eigenvalue weighted by molar-refractivity contribution is -0.137. The molecule has 0 saturated carbocycles. The van der Waals surface area contributed by atoms with E-state index >= 15 is 0 Å². The van der Waals surface area contributed by atoms with Gasteiger partial charge < -0.3 is 5.11 Å². The van der Waals surface area contributed by atoms with E-state index in [0.717, 1.165) is 25.7 Å². The summed E-state index contributed by atoms with van der Waals surface area (Å²) in [6.07, 6.45) is 28.7. The van der Waals surface area contributed by atoms with Crippen LogP contribution in [0.15, 0.2) is 48.6 Å². The molecule has 0 aromatic heterocycles. The second-order valence-corrected chi connectivity index (χ2v) is 5.82. The maximum absolute atomic E-state index is 10.3. The molecule has 0 amide bonds. The Hall–Kier alpha value is -1.57. The summed E-state index contributed by atoms with van der Waals surface area (Å²) in [5.41, 5.74) is 0. The van der Waals surface area contributed by atoms with Crippen molar-refractivity contribution in [2.45, 2.75) is 77.6 Å². The highest BCUT2D eigenvalue weighted by Crippen LogP contribution is 2.07. The standard InChI is InChI=1S/C21H34O2/c1-2-3-4-5-6-7-8-9-10-11-12-13-14-15-16-17-18-19-20-21(22)23/h6-13H,2-5,14-20H2,1H3,(H,22,23)/b7-6+,9-8+,11-10+,13-12+. The zero-order valence-corrected chi connectivity index (χ0v) is 14.8. The van der Waals surface area contributed by atoms with E-state index in [2.05, 4.69) is 55.5 Å². The van der Waals surface area contributed by atoms with Crippen LogP contribution in [0.5, 0.6) is 0 Å². The molecule has 0 aromatic rings. The Morgan fingerprint density at radius 1 is 0.696 bits per heavy atom. The zero-order valence-electron chi connectivity index (χ0n) is 14.8. The third-order valence-electron chi connectivity index (χ3n) is 3.56. The van der Waals surface area contributed by atoms with Crippen molar-refractivity contribution in [1.82, 2.24) is 0 Å². The molecular weight excluding hydrogens is 284 g/mol. The number of carboxylic acid groups (broad SMARTS) is 1. The third-order valence-corrected chi connectivity index (χ3v) is 3.56. The van der Waals surface area contributed by atoms with Gasteiger partial charge in [0.25, 0.3) is 0 Å². The number of unbranched alkanes of at least 4 members (excludes halogenated alkanes) is 8. The summed E-state index contributed by atoms with van der Waals surface area (Å²) in [5, 5.41) is 8.52. The van der Waals surface area contributed by atoms with Crippen LogP contribution in [0, 0.1) is 0 Å². The fraction of sp³-hybridized carbons (Fsp3) is 0.571. The van der Waals surface area contributed by atoms with E-state index in [-0.39, 0.29) is 0 Å². The predicted octanol–water partition coefficient (Wildman–Crippen LogP) is 6.61. The van der Waals surface area contributed by atoms with Gasteiger partial charge in [0.2, 0.25) is 0 Å². The van der Waals surface area contributed by atoms with E-state index in [1.165, 1.54) is 38.5 Å². The van der Waals surface area contributed by atoms with Crippen molar-refractivity contribution in [3.8, 4) is 0 Å². The van der Waals surface area contributed by atoms with Crippen molar-refractivity contribution in [3.63, 3.8) is 0 Å². The fourth-order valence-corrected chi connectivity index (χ4v) is 2.19. The topological polar surface area (TPSA) is 37.3 Å². The van der Waals surface area contributed by atoms with Gasteiger partial charge >= 0.3 is 5.97 Å². The summed E-state index contributed by atoms with van der Waals surface area (Å²) in [6.45, 7) is 2.23. The number of aliphatic carboxylic acids is 1. The lowest BCUT2D eigenvalue weighted by Gasteiger charge is -1.97. The van der Waals surface area contributed by atoms with Crippen molar-refractivity contribution in [3.05, 3.63) is 48.6 Å². The smallest absolute Gasteiger partial charge is 0.303 e. The summed E-state index contributed by atoms with van der Waals surface area (Å²) in [5.74, 6) is -0.680. The minimum absolute atomic E-state index is 0.312. The summed E-state index contributed by atoms with van der Waals surface area (Å²) < 4.78 is 0. The van der Waals surface area contributed by atoms with Gasteiger partial charge in [-0.15, -0.1) is 0 Å². The SMILES string of the molecule is CCCCC/C=C/C=C/C=C/C=C/CCCCCCCC(=O)O. The number of rotatable bonds is 15. The van der Waals surface area contributed by atoms with Crippen molar-refractivity contribution < 1.29 is 9.90 Å². The quantitative estimate of drug-likeness (QED) is 0.272. The van der Waals surface area contributed by atoms with Crippen molar-refractivity contribution in [1.29, 1.82) is 0 Å². The van der Waals surface area contributed by atoms with Gasteiger partial charge in [0, 0.05) is 6.42 Å². The lowest BCUT2D eigenvalue weighted by atomic mass is 10.1.